The van der Waals surface area contributed by atoms with E-state index in [9.17, 15) is 9.59 Å². The molecule has 1 aromatic rings. The molecule has 0 aromatic heterocycles. The Morgan fingerprint density at radius 3 is 1.68 bits per heavy atom. The molecule has 19 heavy (non-hydrogen) atoms. The van der Waals surface area contributed by atoms with Crippen molar-refractivity contribution < 1.29 is 19.1 Å². The number of ether oxygens (including phenoxy) is 2. The molecule has 0 aliphatic carbocycles. The summed E-state index contributed by atoms with van der Waals surface area (Å²) in [5.74, 6) is -2.86. The van der Waals surface area contributed by atoms with E-state index >= 15 is 0 Å². The van der Waals surface area contributed by atoms with Crippen LogP contribution in [-0.2, 0) is 14.3 Å². The average molecular weight is 366 g/mol. The van der Waals surface area contributed by atoms with E-state index in [1.54, 1.807) is 0 Å². The van der Waals surface area contributed by atoms with Gasteiger partial charge in [-0.3, -0.25) is 0 Å². The second-order valence-electron chi connectivity index (χ2n) is 3.01. The van der Waals surface area contributed by atoms with Gasteiger partial charge in [-0.15, -0.1) is 0 Å². The van der Waals surface area contributed by atoms with Crippen molar-refractivity contribution in [3.63, 3.8) is 0 Å². The summed E-state index contributed by atoms with van der Waals surface area (Å²) in [6.45, 7) is 1.54. The molecule has 0 amide bonds. The maximum absolute atomic E-state index is 11.4. The van der Waals surface area contributed by atoms with Gasteiger partial charge in [0.05, 0.1) is 21.7 Å². The third-order valence-electron chi connectivity index (χ3n) is 1.81. The molecule has 0 fully saturated rings. The first-order valence-corrected chi connectivity index (χ1v) is 6.60. The van der Waals surface area contributed by atoms with Crippen LogP contribution in [0.25, 0.3) is 0 Å². The fraction of sp³-hybridized carbons (Fsp3) is 0.200. The van der Waals surface area contributed by atoms with Gasteiger partial charge < -0.3 is 9.47 Å². The minimum Gasteiger partial charge on any atom is -0.458 e. The lowest BCUT2D eigenvalue weighted by Gasteiger charge is -2.11. The van der Waals surface area contributed by atoms with Gasteiger partial charge in [0.15, 0.2) is 5.75 Å². The lowest BCUT2D eigenvalue weighted by atomic mass is 10.3. The van der Waals surface area contributed by atoms with Crippen LogP contribution in [0.3, 0.4) is 0 Å². The molecule has 0 unspecified atom stereocenters. The number of halogens is 5. The molecule has 1 aromatic carbocycles. The number of carbonyl (C=O) groups is 2. The van der Waals surface area contributed by atoms with Crippen LogP contribution in [0, 0.1) is 0 Å². The van der Waals surface area contributed by atoms with Gasteiger partial charge in [-0.05, 0) is 6.92 Å². The molecule has 0 bridgehead atoms. The van der Waals surface area contributed by atoms with Crippen molar-refractivity contribution in [3.05, 3.63) is 25.1 Å². The second-order valence-corrected chi connectivity index (χ2v) is 4.90. The molecule has 9 heteroatoms. The van der Waals surface area contributed by atoms with E-state index in [0.29, 0.717) is 0 Å². The normalized spacial score (nSPS) is 10.2. The summed E-state index contributed by atoms with van der Waals surface area (Å²) in [6.07, 6.45) is 0. The lowest BCUT2D eigenvalue weighted by Crippen LogP contribution is -2.23. The molecule has 1 rings (SSSR count). The molecule has 0 N–H and O–H groups in total. The molecule has 0 spiro atoms. The Balaban J connectivity index is 3.16. The van der Waals surface area contributed by atoms with Crippen molar-refractivity contribution in [1.82, 2.24) is 0 Å². The minimum absolute atomic E-state index is 0.0114. The van der Waals surface area contributed by atoms with Crippen molar-refractivity contribution in [3.8, 4) is 5.75 Å². The third-order valence-corrected chi connectivity index (χ3v) is 4.05. The molecule has 0 atom stereocenters. The van der Waals surface area contributed by atoms with Crippen LogP contribution < -0.4 is 4.74 Å². The van der Waals surface area contributed by atoms with Crippen LogP contribution >= 0.6 is 58.0 Å². The fourth-order valence-corrected chi connectivity index (χ4v) is 2.20. The van der Waals surface area contributed by atoms with E-state index < -0.39 is 11.9 Å². The van der Waals surface area contributed by atoms with Gasteiger partial charge in [-0.1, -0.05) is 58.0 Å². The van der Waals surface area contributed by atoms with Crippen molar-refractivity contribution in [1.29, 1.82) is 0 Å². The predicted molar refractivity (Wildman–Crippen MR) is 73.8 cm³/mol. The van der Waals surface area contributed by atoms with E-state index in [-0.39, 0.29) is 37.5 Å². The highest BCUT2D eigenvalue weighted by atomic mass is 35.5. The van der Waals surface area contributed by atoms with Crippen LogP contribution in [0.1, 0.15) is 6.92 Å². The molecule has 0 heterocycles. The maximum Gasteiger partial charge on any atom is 0.422 e. The fourth-order valence-electron chi connectivity index (χ4n) is 0.999. The molecule has 0 radical (unpaired) electrons. The summed E-state index contributed by atoms with van der Waals surface area (Å²) in [6, 6.07) is 0. The summed E-state index contributed by atoms with van der Waals surface area (Å²) < 4.78 is 9.15. The van der Waals surface area contributed by atoms with Crippen LogP contribution in [0.4, 0.5) is 0 Å². The van der Waals surface area contributed by atoms with Crippen LogP contribution in [0.5, 0.6) is 5.75 Å². The van der Waals surface area contributed by atoms with Gasteiger partial charge in [0.2, 0.25) is 0 Å². The molecule has 4 nitrogen and oxygen atoms in total. The number of hydrogen-bond donors (Lipinski definition) is 0. The third kappa shape index (κ3) is 3.58. The Hall–Kier alpha value is -0.390. The molecule has 0 aliphatic heterocycles. The van der Waals surface area contributed by atoms with Crippen LogP contribution in [-0.4, -0.2) is 18.5 Å². The quantitative estimate of drug-likeness (QED) is 0.256. The van der Waals surface area contributed by atoms with Crippen molar-refractivity contribution >= 4 is 69.9 Å². The number of esters is 2. The number of carbonyl (C=O) groups excluding carboxylic acids is 2. The predicted octanol–water partition coefficient (Wildman–Crippen LogP) is 4.42. The van der Waals surface area contributed by atoms with E-state index in [1.807, 2.05) is 0 Å². The molecule has 0 aliphatic rings. The first-order chi connectivity index (χ1) is 8.81. The first-order valence-electron chi connectivity index (χ1n) is 4.71. The highest BCUT2D eigenvalue weighted by Crippen LogP contribution is 2.48. The van der Waals surface area contributed by atoms with Gasteiger partial charge in [0, 0.05) is 0 Å². The Labute approximate surface area is 133 Å². The summed E-state index contributed by atoms with van der Waals surface area (Å²) in [4.78, 5) is 22.5. The Morgan fingerprint density at radius 1 is 0.842 bits per heavy atom. The Kier molecular flexibility index (Phi) is 6.02. The summed E-state index contributed by atoms with van der Waals surface area (Å²) >= 11 is 28.9. The van der Waals surface area contributed by atoms with Crippen molar-refractivity contribution in [2.75, 3.05) is 6.61 Å². The smallest absolute Gasteiger partial charge is 0.422 e. The zero-order valence-corrected chi connectivity index (χ0v) is 13.0. The Bertz CT molecular complexity index is 514. The van der Waals surface area contributed by atoms with Crippen molar-refractivity contribution in [2.24, 2.45) is 0 Å². The van der Waals surface area contributed by atoms with E-state index in [2.05, 4.69) is 4.74 Å². The van der Waals surface area contributed by atoms with Gasteiger partial charge in [0.1, 0.15) is 10.0 Å². The molecule has 0 saturated heterocycles. The van der Waals surface area contributed by atoms with E-state index in [0.717, 1.165) is 0 Å². The number of benzene rings is 1. The van der Waals surface area contributed by atoms with Gasteiger partial charge in [0.25, 0.3) is 0 Å². The van der Waals surface area contributed by atoms with Crippen LogP contribution in [0.2, 0.25) is 25.1 Å². The zero-order valence-electron chi connectivity index (χ0n) is 9.23. The van der Waals surface area contributed by atoms with Gasteiger partial charge in [-0.2, -0.15) is 0 Å². The van der Waals surface area contributed by atoms with Crippen LogP contribution in [0.15, 0.2) is 0 Å². The molecular formula is C10H5Cl5O4. The Morgan fingerprint density at radius 2 is 1.26 bits per heavy atom. The zero-order chi connectivity index (χ0) is 14.7. The summed E-state index contributed by atoms with van der Waals surface area (Å²) in [5, 5.41) is -0.861. The highest BCUT2D eigenvalue weighted by Gasteiger charge is 2.25. The van der Waals surface area contributed by atoms with E-state index in [4.69, 9.17) is 62.7 Å². The first kappa shape index (κ1) is 16.7. The summed E-state index contributed by atoms with van der Waals surface area (Å²) in [7, 11) is 0. The second kappa shape index (κ2) is 6.86. The lowest BCUT2D eigenvalue weighted by molar-refractivity contribution is -0.161. The minimum atomic E-state index is -1.31. The summed E-state index contributed by atoms with van der Waals surface area (Å²) in [5.41, 5.74) is 0. The van der Waals surface area contributed by atoms with Gasteiger partial charge in [-0.25, -0.2) is 9.59 Å². The SMILES string of the molecule is CCOC(=O)C(=O)Oc1c(Cl)c(Cl)c(Cl)c(Cl)c1Cl. The van der Waals surface area contributed by atoms with Gasteiger partial charge >= 0.3 is 11.9 Å². The molecule has 0 saturated carbocycles. The standard InChI is InChI=1S/C10H5Cl5O4/c1-2-18-9(16)10(17)19-8-6(14)4(12)3(11)5(13)7(8)15/h2H2,1H3. The molecule has 104 valence electrons. The number of hydrogen-bond acceptors (Lipinski definition) is 4. The van der Waals surface area contributed by atoms with Crippen molar-refractivity contribution in [2.45, 2.75) is 6.92 Å². The molecular weight excluding hydrogens is 361 g/mol. The topological polar surface area (TPSA) is 52.6 Å². The average Bonchev–Trinajstić information content (AvgIpc) is 2.39. The maximum atomic E-state index is 11.4. The monoisotopic (exact) mass is 364 g/mol. The number of rotatable bonds is 2. The highest BCUT2D eigenvalue weighted by molar-refractivity contribution is 6.55. The largest absolute Gasteiger partial charge is 0.458 e. The van der Waals surface area contributed by atoms with E-state index in [1.165, 1.54) is 6.92 Å².